The van der Waals surface area contributed by atoms with Crippen LogP contribution in [0.4, 0.5) is 9.59 Å². The van der Waals surface area contributed by atoms with Gasteiger partial charge in [0, 0.05) is 11.9 Å². The normalized spacial score (nSPS) is 30.8. The lowest BCUT2D eigenvalue weighted by atomic mass is 9.43. The molecule has 3 heterocycles. The largest absolute Gasteiger partial charge is 0.481 e. The molecule has 2 aromatic rings. The lowest BCUT2D eigenvalue weighted by molar-refractivity contribution is -0.199. The van der Waals surface area contributed by atoms with E-state index >= 15 is 0 Å². The van der Waals surface area contributed by atoms with Crippen molar-refractivity contribution >= 4 is 30.3 Å². The molecule has 0 unspecified atom stereocenters. The van der Waals surface area contributed by atoms with E-state index < -0.39 is 30.9 Å². The summed E-state index contributed by atoms with van der Waals surface area (Å²) in [5.74, 6) is 0.639. The molecule has 1 aromatic heterocycles. The van der Waals surface area contributed by atoms with E-state index in [1.54, 1.807) is 11.2 Å². The third-order valence-corrected chi connectivity index (χ3v) is 10.2. The Kier molecular flexibility index (Phi) is 7.53. The van der Waals surface area contributed by atoms with Crippen molar-refractivity contribution in [3.8, 4) is 0 Å². The Morgan fingerprint density at radius 1 is 1.19 bits per heavy atom. The fourth-order valence-electron chi connectivity index (χ4n) is 7.75. The molecule has 3 saturated carbocycles. The molecule has 6 atom stereocenters. The number of rotatable bonds is 6. The summed E-state index contributed by atoms with van der Waals surface area (Å²) >= 11 is 0. The number of hydrogen-bond donors (Lipinski definition) is 1. The molecule has 5 aliphatic rings. The second-order valence-corrected chi connectivity index (χ2v) is 14.5. The number of fused-ring (bicyclic) bond motifs is 1. The number of ether oxygens (including phenoxy) is 2. The molecule has 10 heteroatoms. The second-order valence-electron chi connectivity index (χ2n) is 14.5. The molecule has 2 aliphatic heterocycles. The minimum atomic E-state index is -0.583. The van der Waals surface area contributed by atoms with Gasteiger partial charge < -0.3 is 33.4 Å². The first kappa shape index (κ1) is 29.4. The zero-order valence-corrected chi connectivity index (χ0v) is 25.8. The van der Waals surface area contributed by atoms with Gasteiger partial charge in [-0.3, -0.25) is 0 Å². The third-order valence-electron chi connectivity index (χ3n) is 10.2. The minimum absolute atomic E-state index is 0.00934. The van der Waals surface area contributed by atoms with Gasteiger partial charge in [-0.2, -0.15) is 0 Å². The zero-order valence-electron chi connectivity index (χ0n) is 25.8. The molecular formula is C32H45BN2O7. The zero-order chi connectivity index (χ0) is 29.9. The van der Waals surface area contributed by atoms with E-state index in [9.17, 15) is 9.59 Å². The van der Waals surface area contributed by atoms with Gasteiger partial charge >= 0.3 is 19.3 Å². The maximum atomic E-state index is 13.3. The molecule has 1 N–H and O–H groups in total. The molecule has 7 rings (SSSR count). The fraction of sp³-hybridized carbons (Fsp3) is 0.688. The minimum Gasteiger partial charge on any atom is -0.464 e. The van der Waals surface area contributed by atoms with Crippen LogP contribution in [0.3, 0.4) is 0 Å². The highest BCUT2D eigenvalue weighted by Crippen LogP contribution is 2.65. The number of carbonyl (C=O) groups excluding carboxylic acids is 2. The quantitative estimate of drug-likeness (QED) is 0.411. The predicted octanol–water partition coefficient (Wildman–Crippen LogP) is 6.13. The average Bonchev–Trinajstić information content (AvgIpc) is 3.50. The van der Waals surface area contributed by atoms with Gasteiger partial charge in [0.25, 0.3) is 0 Å². The van der Waals surface area contributed by atoms with Crippen LogP contribution in [0.1, 0.15) is 79.2 Å². The van der Waals surface area contributed by atoms with Crippen LogP contribution in [-0.2, 0) is 25.2 Å². The number of carbonyl (C=O) groups is 2. The standard InChI is InChI=1S/C32H45BN2O7/c1-30(2,3)40-29(37)35-15-9-10-22(18-35)39-28(36)34-27(14-13-20-19-38-24-12-8-7-11-23(20)24)33-41-26-17-21-16-25(31(21,4)5)32(26,6)42-33/h7-8,11-12,19,21-22,25-27H,9-10,13-18H2,1-6H3,(H,34,36)/t21-,22-,25-,26+,27-,32-/m0/s1. The van der Waals surface area contributed by atoms with Gasteiger partial charge in [0.1, 0.15) is 17.3 Å². The number of para-hydroxylation sites is 1. The molecule has 2 amide bonds. The van der Waals surface area contributed by atoms with E-state index in [4.69, 9.17) is 23.2 Å². The van der Waals surface area contributed by atoms with Crippen LogP contribution in [0.25, 0.3) is 11.0 Å². The van der Waals surface area contributed by atoms with Gasteiger partial charge in [-0.05, 0) is 95.1 Å². The van der Waals surface area contributed by atoms with Crippen molar-refractivity contribution in [3.63, 3.8) is 0 Å². The molecule has 0 spiro atoms. The topological polar surface area (TPSA) is 99.5 Å². The fourth-order valence-corrected chi connectivity index (χ4v) is 7.75. The maximum Gasteiger partial charge on any atom is 0.481 e. The SMILES string of the molecule is CC(C)(C)OC(=O)N1CCC[C@H](OC(=O)N[C@@H](CCc2coc3ccccc23)B2O[C@@H]3C[C@@H]4C[C@@H](C4(C)C)[C@]3(C)O2)C1. The van der Waals surface area contributed by atoms with Gasteiger partial charge in [0.05, 0.1) is 30.5 Å². The Bertz CT molecular complexity index is 1320. The molecule has 0 radical (unpaired) electrons. The molecular weight excluding hydrogens is 535 g/mol. The number of benzene rings is 1. The number of nitrogens with zero attached hydrogens (tertiary/aromatic N) is 1. The van der Waals surface area contributed by atoms with Crippen LogP contribution in [0, 0.1) is 17.3 Å². The first-order valence-corrected chi connectivity index (χ1v) is 15.6. The highest BCUT2D eigenvalue weighted by atomic mass is 16.7. The maximum absolute atomic E-state index is 13.3. The Hall–Kier alpha value is -2.72. The van der Waals surface area contributed by atoms with Crippen molar-refractivity contribution in [1.82, 2.24) is 10.2 Å². The summed E-state index contributed by atoms with van der Waals surface area (Å²) in [7, 11) is -0.578. The summed E-state index contributed by atoms with van der Waals surface area (Å²) < 4.78 is 30.5. The summed E-state index contributed by atoms with van der Waals surface area (Å²) in [6.45, 7) is 13.3. The molecule has 2 saturated heterocycles. The Morgan fingerprint density at radius 3 is 2.74 bits per heavy atom. The van der Waals surface area contributed by atoms with Gasteiger partial charge in [-0.15, -0.1) is 0 Å². The van der Waals surface area contributed by atoms with Gasteiger partial charge in [-0.1, -0.05) is 32.0 Å². The van der Waals surface area contributed by atoms with Gasteiger partial charge in [0.2, 0.25) is 0 Å². The molecule has 42 heavy (non-hydrogen) atoms. The highest BCUT2D eigenvalue weighted by molar-refractivity contribution is 6.47. The van der Waals surface area contributed by atoms with Crippen LogP contribution in [0.5, 0.6) is 0 Å². The van der Waals surface area contributed by atoms with Crippen LogP contribution in [0.15, 0.2) is 34.9 Å². The van der Waals surface area contributed by atoms with Crippen molar-refractivity contribution < 1.29 is 32.8 Å². The number of hydrogen-bond acceptors (Lipinski definition) is 7. The molecule has 1 aromatic carbocycles. The van der Waals surface area contributed by atoms with E-state index in [2.05, 4.69) is 32.2 Å². The second kappa shape index (κ2) is 10.8. The van der Waals surface area contributed by atoms with E-state index in [1.807, 2.05) is 39.0 Å². The molecule has 228 valence electrons. The van der Waals surface area contributed by atoms with Crippen molar-refractivity contribution in [3.05, 3.63) is 36.1 Å². The summed E-state index contributed by atoms with van der Waals surface area (Å²) in [5.41, 5.74) is 1.18. The van der Waals surface area contributed by atoms with Crippen LogP contribution in [-0.4, -0.2) is 66.6 Å². The lowest BCUT2D eigenvalue weighted by Crippen LogP contribution is -2.65. The number of alkyl carbamates (subject to hydrolysis) is 1. The van der Waals surface area contributed by atoms with Crippen molar-refractivity contribution in [1.29, 1.82) is 0 Å². The van der Waals surface area contributed by atoms with Crippen molar-refractivity contribution in [2.45, 2.75) is 109 Å². The van der Waals surface area contributed by atoms with E-state index in [1.165, 1.54) is 0 Å². The van der Waals surface area contributed by atoms with Gasteiger partial charge in [-0.25, -0.2) is 9.59 Å². The lowest BCUT2D eigenvalue weighted by Gasteiger charge is -2.64. The van der Waals surface area contributed by atoms with Crippen LogP contribution < -0.4 is 5.32 Å². The summed E-state index contributed by atoms with van der Waals surface area (Å²) in [5, 5.41) is 4.17. The van der Waals surface area contributed by atoms with Crippen LogP contribution >= 0.6 is 0 Å². The molecule has 2 bridgehead atoms. The number of furan rings is 1. The number of nitrogens with one attached hydrogen (secondary N) is 1. The van der Waals surface area contributed by atoms with Crippen molar-refractivity contribution in [2.24, 2.45) is 17.3 Å². The van der Waals surface area contributed by atoms with Crippen molar-refractivity contribution in [2.75, 3.05) is 13.1 Å². The van der Waals surface area contributed by atoms with E-state index in [-0.39, 0.29) is 23.2 Å². The summed E-state index contributed by atoms with van der Waals surface area (Å²) in [6, 6.07) is 7.97. The Balaban J connectivity index is 1.14. The Labute approximate surface area is 249 Å². The predicted molar refractivity (Wildman–Crippen MR) is 159 cm³/mol. The van der Waals surface area contributed by atoms with Crippen LogP contribution in [0.2, 0.25) is 0 Å². The Morgan fingerprint density at radius 2 is 1.98 bits per heavy atom. The third kappa shape index (κ3) is 5.52. The first-order valence-electron chi connectivity index (χ1n) is 15.6. The van der Waals surface area contributed by atoms with E-state index in [0.717, 1.165) is 35.8 Å². The molecule has 5 fully saturated rings. The average molecular weight is 581 g/mol. The number of aryl methyl sites for hydroxylation is 1. The highest BCUT2D eigenvalue weighted by Gasteiger charge is 2.68. The number of piperidine rings is 1. The first-order chi connectivity index (χ1) is 19.8. The van der Waals surface area contributed by atoms with E-state index in [0.29, 0.717) is 44.2 Å². The number of likely N-dealkylation sites (tertiary alicyclic amines) is 1. The number of amides is 2. The summed E-state index contributed by atoms with van der Waals surface area (Å²) in [4.78, 5) is 27.6. The van der Waals surface area contributed by atoms with Gasteiger partial charge in [0.15, 0.2) is 0 Å². The molecule has 9 nitrogen and oxygen atoms in total. The summed E-state index contributed by atoms with van der Waals surface area (Å²) in [6.07, 6.45) is 5.32. The molecule has 3 aliphatic carbocycles. The smallest absolute Gasteiger partial charge is 0.464 e. The monoisotopic (exact) mass is 580 g/mol.